The maximum atomic E-state index is 13.7. The lowest BCUT2D eigenvalue weighted by atomic mass is 9.91. The summed E-state index contributed by atoms with van der Waals surface area (Å²) in [7, 11) is 1.36. The lowest BCUT2D eigenvalue weighted by Crippen LogP contribution is -2.57. The third-order valence-corrected chi connectivity index (χ3v) is 7.38. The molecule has 2 saturated heterocycles. The first-order chi connectivity index (χ1) is 17.2. The molecule has 4 rings (SSSR count). The maximum Gasteiger partial charge on any atom is 0.416 e. The van der Waals surface area contributed by atoms with Gasteiger partial charge < -0.3 is 14.7 Å². The van der Waals surface area contributed by atoms with Crippen molar-refractivity contribution < 1.29 is 35.9 Å². The Bertz CT molecular complexity index is 1160. The Labute approximate surface area is 210 Å². The molecule has 5 nitrogen and oxygen atoms in total. The molecule has 0 N–H and O–H groups in total. The molecule has 2 heterocycles. The number of hydrogen-bond acceptors (Lipinski definition) is 2. The average Bonchev–Trinajstić information content (AvgIpc) is 3.22. The SMILES string of the molecule is Cc1ccccc1[C@@H]1[C@@H]2CCC(=O)N2CCN1C(=O)N(C)[C@H](C)c1cc(C(F)(F)F)cc(C(F)(F)F)c1. The number of urea groups is 1. The summed E-state index contributed by atoms with van der Waals surface area (Å²) in [5.74, 6) is 0.000974. The summed E-state index contributed by atoms with van der Waals surface area (Å²) in [5.41, 5.74) is -1.38. The van der Waals surface area contributed by atoms with Gasteiger partial charge in [-0.05, 0) is 55.2 Å². The molecule has 2 aliphatic heterocycles. The van der Waals surface area contributed by atoms with Crippen LogP contribution in [0.4, 0.5) is 31.1 Å². The molecule has 0 bridgehead atoms. The second-order valence-electron chi connectivity index (χ2n) is 9.60. The van der Waals surface area contributed by atoms with Gasteiger partial charge in [-0.2, -0.15) is 26.3 Å². The minimum absolute atomic E-state index is 0.000974. The van der Waals surface area contributed by atoms with Crippen LogP contribution in [0, 0.1) is 6.92 Å². The number of carbonyl (C=O) groups excluding carboxylic acids is 2. The summed E-state index contributed by atoms with van der Waals surface area (Å²) in [5, 5.41) is 0. The fourth-order valence-electron chi connectivity index (χ4n) is 5.26. The number of piperazine rings is 1. The van der Waals surface area contributed by atoms with E-state index in [2.05, 4.69) is 0 Å². The Morgan fingerprint density at radius 3 is 2.16 bits per heavy atom. The van der Waals surface area contributed by atoms with E-state index in [9.17, 15) is 35.9 Å². The summed E-state index contributed by atoms with van der Waals surface area (Å²) in [6.45, 7) is 3.78. The zero-order chi connectivity index (χ0) is 27.3. The van der Waals surface area contributed by atoms with Crippen LogP contribution in [0.5, 0.6) is 0 Å². The molecular weight excluding hydrogens is 500 g/mol. The Morgan fingerprint density at radius 2 is 1.59 bits per heavy atom. The van der Waals surface area contributed by atoms with Gasteiger partial charge in [0.25, 0.3) is 0 Å². The third kappa shape index (κ3) is 5.13. The van der Waals surface area contributed by atoms with E-state index in [4.69, 9.17) is 0 Å². The van der Waals surface area contributed by atoms with E-state index in [1.807, 2.05) is 31.2 Å². The van der Waals surface area contributed by atoms with Gasteiger partial charge in [-0.3, -0.25) is 4.79 Å². The quantitative estimate of drug-likeness (QED) is 0.447. The van der Waals surface area contributed by atoms with Crippen LogP contribution < -0.4 is 0 Å². The van der Waals surface area contributed by atoms with Crippen LogP contribution in [0.2, 0.25) is 0 Å². The van der Waals surface area contributed by atoms with Gasteiger partial charge in [0.15, 0.2) is 0 Å². The van der Waals surface area contributed by atoms with Gasteiger partial charge >= 0.3 is 18.4 Å². The first-order valence-corrected chi connectivity index (χ1v) is 11.9. The average molecular weight is 528 g/mol. The number of rotatable bonds is 3. The van der Waals surface area contributed by atoms with Gasteiger partial charge in [-0.15, -0.1) is 0 Å². The summed E-state index contributed by atoms with van der Waals surface area (Å²) >= 11 is 0. The summed E-state index contributed by atoms with van der Waals surface area (Å²) in [4.78, 5) is 30.7. The van der Waals surface area contributed by atoms with Crippen LogP contribution in [-0.2, 0) is 17.1 Å². The second kappa shape index (κ2) is 9.57. The predicted octanol–water partition coefficient (Wildman–Crippen LogP) is 6.19. The molecular formula is C26H27F6N3O2. The van der Waals surface area contributed by atoms with Gasteiger partial charge in [0.2, 0.25) is 5.91 Å². The van der Waals surface area contributed by atoms with E-state index >= 15 is 0 Å². The molecule has 0 saturated carbocycles. The zero-order valence-electron chi connectivity index (χ0n) is 20.5. The molecule has 3 amide bonds. The van der Waals surface area contributed by atoms with Crippen LogP contribution >= 0.6 is 0 Å². The molecule has 11 heteroatoms. The Balaban J connectivity index is 1.69. The molecule has 0 unspecified atom stereocenters. The number of hydrogen-bond donors (Lipinski definition) is 0. The van der Waals surface area contributed by atoms with Crippen molar-refractivity contribution in [3.05, 3.63) is 70.3 Å². The molecule has 2 aromatic rings. The van der Waals surface area contributed by atoms with E-state index in [0.717, 1.165) is 16.0 Å². The van der Waals surface area contributed by atoms with E-state index in [1.165, 1.54) is 14.0 Å². The van der Waals surface area contributed by atoms with Crippen molar-refractivity contribution in [2.24, 2.45) is 0 Å². The number of carbonyl (C=O) groups is 2. The molecule has 2 fully saturated rings. The van der Waals surface area contributed by atoms with Crippen molar-refractivity contribution in [3.63, 3.8) is 0 Å². The van der Waals surface area contributed by atoms with E-state index in [1.54, 1.807) is 9.80 Å². The van der Waals surface area contributed by atoms with Crippen molar-refractivity contribution in [1.29, 1.82) is 0 Å². The number of alkyl halides is 6. The smallest absolute Gasteiger partial charge is 0.335 e. The van der Waals surface area contributed by atoms with Crippen LogP contribution in [0.15, 0.2) is 42.5 Å². The van der Waals surface area contributed by atoms with Crippen LogP contribution in [0.1, 0.15) is 59.7 Å². The van der Waals surface area contributed by atoms with Crippen LogP contribution in [0.25, 0.3) is 0 Å². The highest BCUT2D eigenvalue weighted by Crippen LogP contribution is 2.41. The topological polar surface area (TPSA) is 43.9 Å². The number of amides is 3. The van der Waals surface area contributed by atoms with E-state index in [-0.39, 0.29) is 30.1 Å². The molecule has 0 spiro atoms. The number of aryl methyl sites for hydroxylation is 1. The zero-order valence-corrected chi connectivity index (χ0v) is 20.5. The largest absolute Gasteiger partial charge is 0.416 e. The van der Waals surface area contributed by atoms with Gasteiger partial charge in [0.05, 0.1) is 29.3 Å². The van der Waals surface area contributed by atoms with Gasteiger partial charge in [-0.1, -0.05) is 24.3 Å². The third-order valence-electron chi connectivity index (χ3n) is 7.38. The number of fused-ring (bicyclic) bond motifs is 1. The first kappa shape index (κ1) is 26.8. The highest BCUT2D eigenvalue weighted by atomic mass is 19.4. The van der Waals surface area contributed by atoms with Crippen LogP contribution in [0.3, 0.4) is 0 Å². The van der Waals surface area contributed by atoms with Crippen molar-refractivity contribution in [3.8, 4) is 0 Å². The lowest BCUT2D eigenvalue weighted by Gasteiger charge is -2.47. The first-order valence-electron chi connectivity index (χ1n) is 11.9. The van der Waals surface area contributed by atoms with Crippen LogP contribution in [-0.4, -0.2) is 52.8 Å². The normalized spacial score (nSPS) is 21.2. The number of benzene rings is 2. The Morgan fingerprint density at radius 1 is 1.00 bits per heavy atom. The van der Waals surface area contributed by atoms with Crippen molar-refractivity contribution >= 4 is 11.9 Å². The monoisotopic (exact) mass is 527 g/mol. The molecule has 0 aliphatic carbocycles. The molecule has 2 aromatic carbocycles. The van der Waals surface area contributed by atoms with Crippen molar-refractivity contribution in [2.45, 2.75) is 57.2 Å². The standard InChI is InChI=1S/C26H27F6N3O2/c1-15-6-4-5-7-20(15)23-21-8-9-22(36)34(21)10-11-35(23)24(37)33(3)16(2)17-12-18(25(27,28)29)14-19(13-17)26(30,31)32/h4-7,12-14,16,21,23H,8-11H2,1-3H3/t16-,21+,23-/m1/s1. The fraction of sp³-hybridized carbons (Fsp3) is 0.462. The predicted molar refractivity (Wildman–Crippen MR) is 123 cm³/mol. The Kier molecular flexibility index (Phi) is 6.94. The van der Waals surface area contributed by atoms with Gasteiger partial charge in [0, 0.05) is 26.6 Å². The number of nitrogens with zero attached hydrogens (tertiary/aromatic N) is 3. The minimum Gasteiger partial charge on any atom is -0.335 e. The Hall–Kier alpha value is -3.24. The number of halogens is 6. The van der Waals surface area contributed by atoms with Crippen molar-refractivity contribution in [2.75, 3.05) is 20.1 Å². The summed E-state index contributed by atoms with van der Waals surface area (Å²) in [6, 6.07) is 6.44. The highest BCUT2D eigenvalue weighted by Gasteiger charge is 2.46. The van der Waals surface area contributed by atoms with E-state index < -0.39 is 41.6 Å². The molecule has 37 heavy (non-hydrogen) atoms. The highest BCUT2D eigenvalue weighted by molar-refractivity contribution is 5.81. The van der Waals surface area contributed by atoms with Gasteiger partial charge in [-0.25, -0.2) is 4.79 Å². The maximum absolute atomic E-state index is 13.7. The second-order valence-corrected chi connectivity index (χ2v) is 9.60. The fourth-order valence-corrected chi connectivity index (χ4v) is 5.26. The van der Waals surface area contributed by atoms with Crippen molar-refractivity contribution in [1.82, 2.24) is 14.7 Å². The summed E-state index contributed by atoms with van der Waals surface area (Å²) in [6.07, 6.45) is -9.08. The summed E-state index contributed by atoms with van der Waals surface area (Å²) < 4.78 is 80.4. The molecule has 3 atom stereocenters. The molecule has 0 aromatic heterocycles. The molecule has 2 aliphatic rings. The lowest BCUT2D eigenvalue weighted by molar-refractivity contribution is -0.143. The van der Waals surface area contributed by atoms with E-state index in [0.29, 0.717) is 31.5 Å². The van der Waals surface area contributed by atoms with Gasteiger partial charge in [0.1, 0.15) is 0 Å². The molecule has 200 valence electrons. The minimum atomic E-state index is -4.99. The molecule has 0 radical (unpaired) electrons.